The van der Waals surface area contributed by atoms with Crippen LogP contribution in [0.3, 0.4) is 0 Å². The largest absolute Gasteiger partial charge is 0.725 e. The van der Waals surface area contributed by atoms with Crippen LogP contribution in [0.4, 0.5) is 0 Å². The molecule has 3 heterocycles. The van der Waals surface area contributed by atoms with Gasteiger partial charge in [-0.05, 0) is 18.7 Å². The number of hydrogen-bond acceptors (Lipinski definition) is 10. The summed E-state index contributed by atoms with van der Waals surface area (Å²) < 4.78 is 36.4. The fourth-order valence-electron chi connectivity index (χ4n) is 2.04. The van der Waals surface area contributed by atoms with Crippen LogP contribution in [0, 0.1) is 0 Å². The quantitative estimate of drug-likeness (QED) is 0.256. The van der Waals surface area contributed by atoms with Gasteiger partial charge in [-0.25, -0.2) is 13.4 Å². The highest BCUT2D eigenvalue weighted by atomic mass is 32.3. The predicted molar refractivity (Wildman–Crippen MR) is 112 cm³/mol. The lowest BCUT2D eigenvalue weighted by molar-refractivity contribution is -0.377. The topological polar surface area (TPSA) is 146 Å². The third-order valence-electron chi connectivity index (χ3n) is 3.36. The van der Waals surface area contributed by atoms with Gasteiger partial charge in [-0.15, -0.1) is 10.2 Å². The number of nitrogens with one attached hydrogen (secondary N) is 1. The van der Waals surface area contributed by atoms with Crippen molar-refractivity contribution in [3.05, 3.63) is 42.7 Å². The van der Waals surface area contributed by atoms with Crippen LogP contribution in [0.25, 0.3) is 0 Å². The number of carbonyl (C=O) groups excluding carboxylic acids is 2. The molecule has 1 unspecified atom stereocenters. The first-order valence-electron chi connectivity index (χ1n) is 8.31. The normalized spacial score (nSPS) is 21.9. The maximum absolute atomic E-state index is 12.2. The van der Waals surface area contributed by atoms with Crippen LogP contribution in [0.1, 0.15) is 6.92 Å². The Bertz CT molecular complexity index is 940. The zero-order chi connectivity index (χ0) is 22.3. The molecule has 1 atom stereocenters. The predicted octanol–water partition coefficient (Wildman–Crippen LogP) is 0.274. The van der Waals surface area contributed by atoms with Gasteiger partial charge in [0.1, 0.15) is 0 Å². The molecule has 0 radical (unpaired) electrons. The molecule has 162 valence electrons. The number of nitrogens with zero attached hydrogens (tertiary/aromatic N) is 4. The fraction of sp³-hybridized carbons (Fsp3) is 0.312. The van der Waals surface area contributed by atoms with Crippen molar-refractivity contribution < 1.29 is 31.7 Å². The molecule has 0 bridgehead atoms. The molecule has 1 N–H and O–H groups in total. The van der Waals surface area contributed by atoms with E-state index in [4.69, 9.17) is 0 Å². The van der Waals surface area contributed by atoms with Gasteiger partial charge in [-0.1, -0.05) is 30.0 Å². The lowest BCUT2D eigenvalue weighted by Gasteiger charge is -2.15. The Balaban J connectivity index is 0.000000456. The third kappa shape index (κ3) is 7.21. The van der Waals surface area contributed by atoms with Gasteiger partial charge in [0.2, 0.25) is 21.7 Å². The van der Waals surface area contributed by atoms with E-state index in [-0.39, 0.29) is 23.4 Å². The zero-order valence-corrected chi connectivity index (χ0v) is 18.5. The zero-order valence-electron chi connectivity index (χ0n) is 16.0. The van der Waals surface area contributed by atoms with Crippen LogP contribution in [-0.2, 0) is 24.2 Å². The molecule has 1 aromatic rings. The maximum atomic E-state index is 12.2. The number of carbonyl (C=O) groups is 2. The van der Waals surface area contributed by atoms with Crippen molar-refractivity contribution in [2.45, 2.75) is 12.4 Å². The van der Waals surface area contributed by atoms with Crippen molar-refractivity contribution in [2.75, 3.05) is 19.3 Å². The highest BCUT2D eigenvalue weighted by Gasteiger charge is 2.40. The van der Waals surface area contributed by atoms with E-state index in [9.17, 15) is 22.6 Å². The lowest BCUT2D eigenvalue weighted by atomic mass is 10.3. The van der Waals surface area contributed by atoms with E-state index in [1.165, 1.54) is 23.7 Å². The summed E-state index contributed by atoms with van der Waals surface area (Å²) in [6.07, 6.45) is 3.75. The molecule has 2 amide bonds. The number of hydrogen-bond donors (Lipinski definition) is 0. The molecule has 3 rings (SSSR count). The van der Waals surface area contributed by atoms with Crippen molar-refractivity contribution in [3.63, 3.8) is 0 Å². The van der Waals surface area contributed by atoms with E-state index in [2.05, 4.69) is 25.9 Å². The molecule has 1 aromatic heterocycles. The average molecular weight is 474 g/mol. The summed E-state index contributed by atoms with van der Waals surface area (Å²) in [5.41, 5.74) is -0.945. The molecule has 14 heteroatoms. The standard InChI is InChI=1S/C11H14N4O6S3.C5H5N/c1-6(2)4-15-8(17)9(21-24(18,19)20)23-11(15)13-12-10-14(3)7(16)5-22-10;1-2-4-6-5-3-1/h9H,1,4-5H2,2-3H3,(H,18,19,20);1-5H. The Hall–Kier alpha value is -2.26. The van der Waals surface area contributed by atoms with Crippen molar-refractivity contribution in [1.82, 2.24) is 9.80 Å². The number of aromatic amines is 1. The molecule has 30 heavy (non-hydrogen) atoms. The second-order valence-corrected chi connectivity index (χ2v) is 8.90. The maximum Gasteiger partial charge on any atom is 0.270 e. The number of amidine groups is 2. The number of H-pyrrole nitrogens is 1. The summed E-state index contributed by atoms with van der Waals surface area (Å²) >= 11 is 1.83. The van der Waals surface area contributed by atoms with Crippen molar-refractivity contribution in [3.8, 4) is 0 Å². The van der Waals surface area contributed by atoms with Gasteiger partial charge in [-0.3, -0.25) is 23.6 Å². The first-order valence-corrected chi connectivity index (χ1v) is 11.5. The Kier molecular flexibility index (Phi) is 8.54. The summed E-state index contributed by atoms with van der Waals surface area (Å²) in [5, 5.41) is 8.20. The van der Waals surface area contributed by atoms with Crippen LogP contribution in [0.2, 0.25) is 0 Å². The molecule has 0 aliphatic carbocycles. The number of rotatable bonds is 5. The number of thioether (sulfide) groups is 2. The highest BCUT2D eigenvalue weighted by molar-refractivity contribution is 8.15. The van der Waals surface area contributed by atoms with Gasteiger partial charge in [-0.2, -0.15) is 0 Å². The minimum absolute atomic E-state index is 0.0532. The molecule has 0 aromatic carbocycles. The van der Waals surface area contributed by atoms with Crippen molar-refractivity contribution in [1.29, 1.82) is 0 Å². The van der Waals surface area contributed by atoms with Gasteiger partial charge in [0, 0.05) is 25.7 Å². The van der Waals surface area contributed by atoms with Crippen LogP contribution >= 0.6 is 23.5 Å². The molecule has 0 spiro atoms. The van der Waals surface area contributed by atoms with Gasteiger partial charge in [0.05, 0.1) is 5.75 Å². The van der Waals surface area contributed by atoms with E-state index in [1.807, 2.05) is 30.6 Å². The number of amides is 2. The van der Waals surface area contributed by atoms with Crippen molar-refractivity contribution in [2.24, 2.45) is 10.2 Å². The molecule has 2 saturated heterocycles. The molecular formula is C16H19N5O6S3. The van der Waals surface area contributed by atoms with Crippen LogP contribution < -0.4 is 4.98 Å². The minimum atomic E-state index is -5.05. The Morgan fingerprint density at radius 3 is 2.37 bits per heavy atom. The van der Waals surface area contributed by atoms with Gasteiger partial charge in [0.25, 0.3) is 5.91 Å². The summed E-state index contributed by atoms with van der Waals surface area (Å²) in [6.45, 7) is 5.41. The minimum Gasteiger partial charge on any atom is -0.725 e. The summed E-state index contributed by atoms with van der Waals surface area (Å²) in [6, 6.07) is 5.86. The Morgan fingerprint density at radius 1 is 1.30 bits per heavy atom. The first kappa shape index (κ1) is 24.0. The highest BCUT2D eigenvalue weighted by Crippen LogP contribution is 2.30. The SMILES string of the molecule is C=C(C)CN1C(=O)C(OS(=O)(=O)[O-])SC1=NN=C1SCC(=O)N1C.c1cc[nH+]cc1. The summed E-state index contributed by atoms with van der Waals surface area (Å²) in [5.74, 6) is -0.640. The molecule has 2 fully saturated rings. The number of aromatic nitrogens is 1. The molecule has 2 aliphatic heterocycles. The van der Waals surface area contributed by atoms with E-state index in [0.717, 1.165) is 4.90 Å². The monoisotopic (exact) mass is 473 g/mol. The van der Waals surface area contributed by atoms with E-state index < -0.39 is 21.7 Å². The third-order valence-corrected chi connectivity index (χ3v) is 5.94. The molecule has 2 aliphatic rings. The smallest absolute Gasteiger partial charge is 0.270 e. The molecular weight excluding hydrogens is 454 g/mol. The molecule has 11 nitrogen and oxygen atoms in total. The first-order chi connectivity index (χ1) is 14.1. The van der Waals surface area contributed by atoms with E-state index in [0.29, 0.717) is 22.5 Å². The summed E-state index contributed by atoms with van der Waals surface area (Å²) in [7, 11) is -3.51. The molecule has 0 saturated carbocycles. The van der Waals surface area contributed by atoms with Gasteiger partial charge >= 0.3 is 0 Å². The van der Waals surface area contributed by atoms with Gasteiger partial charge in [0.15, 0.2) is 22.7 Å². The van der Waals surface area contributed by atoms with E-state index >= 15 is 0 Å². The fourth-order valence-corrected chi connectivity index (χ4v) is 4.41. The van der Waals surface area contributed by atoms with Gasteiger partial charge < -0.3 is 4.55 Å². The second kappa shape index (κ2) is 10.7. The van der Waals surface area contributed by atoms with E-state index in [1.54, 1.807) is 6.92 Å². The second-order valence-electron chi connectivity index (χ2n) is 5.92. The van der Waals surface area contributed by atoms with Crippen LogP contribution in [0.15, 0.2) is 52.9 Å². The number of pyridine rings is 1. The Labute approximate surface area is 182 Å². The Morgan fingerprint density at radius 2 is 1.93 bits per heavy atom. The van der Waals surface area contributed by atoms with Crippen molar-refractivity contribution >= 4 is 56.1 Å². The van der Waals surface area contributed by atoms with Crippen LogP contribution in [-0.4, -0.2) is 69.7 Å². The lowest BCUT2D eigenvalue weighted by Crippen LogP contribution is -2.34. The summed E-state index contributed by atoms with van der Waals surface area (Å²) in [4.78, 5) is 28.9. The average Bonchev–Trinajstić information content (AvgIpc) is 3.14. The van der Waals surface area contributed by atoms with Crippen LogP contribution in [0.5, 0.6) is 0 Å².